The third kappa shape index (κ3) is 4.72. The Morgan fingerprint density at radius 2 is 2.10 bits per heavy atom. The first kappa shape index (κ1) is 21.3. The molecule has 10 nitrogen and oxygen atoms in total. The van der Waals surface area contributed by atoms with Gasteiger partial charge in [0.15, 0.2) is 0 Å². The second-order valence-electron chi connectivity index (χ2n) is 8.73. The largest absolute Gasteiger partial charge is 0.350 e. The molecule has 7 atom stereocenters. The Morgan fingerprint density at radius 1 is 1.24 bits per heavy atom. The highest BCUT2D eigenvalue weighted by Crippen LogP contribution is 2.23. The number of nitrogens with one attached hydrogen (secondary N) is 6. The predicted molar refractivity (Wildman–Crippen MR) is 108 cm³/mol. The summed E-state index contributed by atoms with van der Waals surface area (Å²) in [7, 11) is 1.98. The smallest absolute Gasteiger partial charge is 0.229 e. The van der Waals surface area contributed by atoms with E-state index >= 15 is 0 Å². The van der Waals surface area contributed by atoms with Crippen LogP contribution < -0.4 is 37.9 Å². The summed E-state index contributed by atoms with van der Waals surface area (Å²) in [4.78, 5) is 13.2. The van der Waals surface area contributed by atoms with Crippen LogP contribution in [0.3, 0.4) is 0 Å². The molecule has 4 rings (SSSR count). The Labute approximate surface area is 171 Å². The number of hydrogen-bond donors (Lipinski definition) is 7. The van der Waals surface area contributed by atoms with Gasteiger partial charge in [0.25, 0.3) is 0 Å². The van der Waals surface area contributed by atoms with Crippen molar-refractivity contribution >= 4 is 5.91 Å². The Bertz CT molecular complexity index is 569. The first-order chi connectivity index (χ1) is 14.1. The highest BCUT2D eigenvalue weighted by atomic mass is 19.1. The van der Waals surface area contributed by atoms with Crippen LogP contribution in [0.2, 0.25) is 0 Å². The molecule has 0 radical (unpaired) electrons. The highest BCUT2D eigenvalue weighted by Gasteiger charge is 2.48. The summed E-state index contributed by atoms with van der Waals surface area (Å²) in [6.45, 7) is 5.17. The molecule has 0 aromatic carbocycles. The minimum atomic E-state index is -0.961. The van der Waals surface area contributed by atoms with Crippen molar-refractivity contribution in [1.82, 2.24) is 42.1 Å². The van der Waals surface area contributed by atoms with Gasteiger partial charge in [0.05, 0.1) is 24.3 Å². The SMILES string of the molecule is CNCCC1CNN(C2CCNCC2NC(=O)C2C(N)NN3CC(F)CNC23)C1. The van der Waals surface area contributed by atoms with E-state index in [1.54, 1.807) is 5.01 Å². The molecule has 1 amide bonds. The maximum atomic E-state index is 13.7. The Kier molecular flexibility index (Phi) is 6.97. The van der Waals surface area contributed by atoms with Crippen molar-refractivity contribution in [3.05, 3.63) is 0 Å². The van der Waals surface area contributed by atoms with E-state index in [0.717, 1.165) is 45.6 Å². The number of nitrogens with zero attached hydrogens (tertiary/aromatic N) is 2. The minimum absolute atomic E-state index is 0.00515. The van der Waals surface area contributed by atoms with Gasteiger partial charge in [0.1, 0.15) is 6.17 Å². The van der Waals surface area contributed by atoms with Crippen LogP contribution in [-0.4, -0.2) is 99.4 Å². The van der Waals surface area contributed by atoms with Gasteiger partial charge in [-0.1, -0.05) is 0 Å². The van der Waals surface area contributed by atoms with Crippen molar-refractivity contribution in [2.75, 3.05) is 52.9 Å². The summed E-state index contributed by atoms with van der Waals surface area (Å²) in [5.41, 5.74) is 12.8. The number of carbonyl (C=O) groups excluding carboxylic acids is 1. The molecule has 4 heterocycles. The lowest BCUT2D eigenvalue weighted by atomic mass is 9.96. The molecule has 0 saturated carbocycles. The molecule has 8 N–H and O–H groups in total. The van der Waals surface area contributed by atoms with Crippen molar-refractivity contribution in [2.24, 2.45) is 17.6 Å². The number of alkyl halides is 1. The van der Waals surface area contributed by atoms with Gasteiger partial charge in [-0.05, 0) is 38.9 Å². The highest BCUT2D eigenvalue weighted by molar-refractivity contribution is 5.81. The number of nitrogens with two attached hydrogens (primary N) is 1. The fraction of sp³-hybridized carbons (Fsp3) is 0.944. The van der Waals surface area contributed by atoms with Gasteiger partial charge in [0.2, 0.25) is 5.91 Å². The maximum Gasteiger partial charge on any atom is 0.229 e. The van der Waals surface area contributed by atoms with Gasteiger partial charge in [-0.3, -0.25) is 15.5 Å². The third-order valence-electron chi connectivity index (χ3n) is 6.64. The van der Waals surface area contributed by atoms with Crippen LogP contribution in [0, 0.1) is 11.8 Å². The quantitative estimate of drug-likeness (QED) is 0.242. The average Bonchev–Trinajstić information content (AvgIpc) is 3.30. The summed E-state index contributed by atoms with van der Waals surface area (Å²) in [5.74, 6) is 0.0849. The van der Waals surface area contributed by atoms with Gasteiger partial charge in [-0.25, -0.2) is 19.8 Å². The van der Waals surface area contributed by atoms with Crippen LogP contribution in [0.25, 0.3) is 0 Å². The third-order valence-corrected chi connectivity index (χ3v) is 6.64. The van der Waals surface area contributed by atoms with Crippen LogP contribution in [0.15, 0.2) is 0 Å². The molecule has 4 aliphatic heterocycles. The molecule has 0 aromatic rings. The van der Waals surface area contributed by atoms with E-state index in [4.69, 9.17) is 5.73 Å². The zero-order chi connectivity index (χ0) is 20.4. The van der Waals surface area contributed by atoms with Crippen LogP contribution in [-0.2, 0) is 4.79 Å². The molecular formula is C18H36FN9O. The van der Waals surface area contributed by atoms with Gasteiger partial charge < -0.3 is 21.7 Å². The molecule has 11 heteroatoms. The zero-order valence-electron chi connectivity index (χ0n) is 17.2. The van der Waals surface area contributed by atoms with Gasteiger partial charge in [0, 0.05) is 38.8 Å². The normalized spacial score (nSPS) is 41.4. The summed E-state index contributed by atoms with van der Waals surface area (Å²) in [5, 5.41) is 17.0. The number of hydrogen-bond acceptors (Lipinski definition) is 9. The molecule has 166 valence electrons. The first-order valence-corrected chi connectivity index (χ1v) is 10.9. The summed E-state index contributed by atoms with van der Waals surface area (Å²) < 4.78 is 13.7. The number of carbonyl (C=O) groups is 1. The van der Waals surface area contributed by atoms with E-state index in [-0.39, 0.29) is 37.2 Å². The molecule has 4 fully saturated rings. The molecule has 0 aromatic heterocycles. The molecule has 0 aliphatic carbocycles. The Hall–Kier alpha value is -0.920. The second-order valence-corrected chi connectivity index (χ2v) is 8.73. The lowest BCUT2D eigenvalue weighted by Gasteiger charge is -2.39. The Morgan fingerprint density at radius 3 is 2.93 bits per heavy atom. The molecule has 0 bridgehead atoms. The van der Waals surface area contributed by atoms with Crippen molar-refractivity contribution < 1.29 is 9.18 Å². The second kappa shape index (κ2) is 9.48. The van der Waals surface area contributed by atoms with Crippen molar-refractivity contribution in [2.45, 2.75) is 43.4 Å². The van der Waals surface area contributed by atoms with E-state index < -0.39 is 18.3 Å². The van der Waals surface area contributed by atoms with Crippen LogP contribution in [0.5, 0.6) is 0 Å². The summed E-state index contributed by atoms with van der Waals surface area (Å²) in [6, 6.07) is 0.251. The summed E-state index contributed by atoms with van der Waals surface area (Å²) >= 11 is 0. The standard InChI is InChI=1S/C18H36FN9O/c1-21-4-2-11-6-24-27(9-11)14-3-5-22-8-13(14)25-18(29)15-16(20)26-28-10-12(19)7-23-17(15)28/h11-17,21-24,26H,2-10,20H2,1H3,(H,25,29). The van der Waals surface area contributed by atoms with Crippen molar-refractivity contribution in [3.8, 4) is 0 Å². The molecule has 0 spiro atoms. The Balaban J connectivity index is 1.36. The maximum absolute atomic E-state index is 13.7. The van der Waals surface area contributed by atoms with E-state index in [0.29, 0.717) is 5.92 Å². The zero-order valence-corrected chi connectivity index (χ0v) is 17.2. The predicted octanol–water partition coefficient (Wildman–Crippen LogP) is -3.13. The minimum Gasteiger partial charge on any atom is -0.350 e. The van der Waals surface area contributed by atoms with Gasteiger partial charge in [-0.2, -0.15) is 0 Å². The molecule has 7 unspecified atom stereocenters. The van der Waals surface area contributed by atoms with E-state index in [9.17, 15) is 9.18 Å². The fourth-order valence-corrected chi connectivity index (χ4v) is 5.07. The number of fused-ring (bicyclic) bond motifs is 1. The number of hydrazine groups is 2. The topological polar surface area (TPSA) is 122 Å². The molecular weight excluding hydrogens is 377 g/mol. The summed E-state index contributed by atoms with van der Waals surface area (Å²) in [6.07, 6.45) is 0.357. The molecule has 29 heavy (non-hydrogen) atoms. The van der Waals surface area contributed by atoms with Crippen molar-refractivity contribution in [3.63, 3.8) is 0 Å². The molecule has 4 aliphatic rings. The number of halogens is 1. The fourth-order valence-electron chi connectivity index (χ4n) is 5.07. The van der Waals surface area contributed by atoms with E-state index in [2.05, 4.69) is 37.1 Å². The number of amides is 1. The molecule has 4 saturated heterocycles. The van der Waals surface area contributed by atoms with Crippen LogP contribution in [0.1, 0.15) is 12.8 Å². The first-order valence-electron chi connectivity index (χ1n) is 10.9. The lowest BCUT2D eigenvalue weighted by Crippen LogP contribution is -2.64. The lowest BCUT2D eigenvalue weighted by molar-refractivity contribution is -0.128. The van der Waals surface area contributed by atoms with Crippen LogP contribution in [0.4, 0.5) is 4.39 Å². The van der Waals surface area contributed by atoms with Crippen molar-refractivity contribution in [1.29, 1.82) is 0 Å². The number of piperidine rings is 1. The van der Waals surface area contributed by atoms with Gasteiger partial charge >= 0.3 is 0 Å². The monoisotopic (exact) mass is 413 g/mol. The number of rotatable bonds is 6. The van der Waals surface area contributed by atoms with E-state index in [1.165, 1.54) is 0 Å². The van der Waals surface area contributed by atoms with Crippen LogP contribution >= 0.6 is 0 Å². The van der Waals surface area contributed by atoms with Gasteiger partial charge in [-0.15, -0.1) is 0 Å². The average molecular weight is 414 g/mol. The van der Waals surface area contributed by atoms with E-state index in [1.807, 2.05) is 7.05 Å².